The van der Waals surface area contributed by atoms with Gasteiger partial charge in [0.1, 0.15) is 0 Å². The van der Waals surface area contributed by atoms with Gasteiger partial charge in [-0.3, -0.25) is 0 Å². The monoisotopic (exact) mass is 793 g/mol. The average Bonchev–Trinajstić information content (AvgIpc) is 3.05. The molecule has 0 aromatic rings. The third-order valence-corrected chi connectivity index (χ3v) is 19.2. The van der Waals surface area contributed by atoms with Gasteiger partial charge in [-0.2, -0.15) is 4.41 Å². The van der Waals surface area contributed by atoms with Gasteiger partial charge in [0.2, 0.25) is 0 Å². The average molecular weight is 794 g/mol. The smallest absolute Gasteiger partial charge is 0.374 e. The zero-order chi connectivity index (χ0) is 35.6. The van der Waals surface area contributed by atoms with E-state index in [2.05, 4.69) is 20.6 Å². The molecule has 0 aliphatic carbocycles. The Morgan fingerprint density at radius 3 is 1.21 bits per heavy atom. The zero-order valence-electron chi connectivity index (χ0n) is 31.3. The molecule has 0 radical (unpaired) electrons. The quantitative estimate of drug-likeness (QED) is 0.0411. The number of rotatable bonds is 33. The molecule has 0 spiro atoms. The van der Waals surface area contributed by atoms with Crippen molar-refractivity contribution >= 4 is 62.1 Å². The number of thioether (sulfide) groups is 1. The van der Waals surface area contributed by atoms with E-state index in [0.29, 0.717) is 59.5 Å². The maximum atomic E-state index is 6.08. The van der Waals surface area contributed by atoms with Gasteiger partial charge in [-0.25, -0.2) is 4.41 Å². The Hall–Kier alpha value is 0.801. The number of nitrogens with zero attached hydrogens (tertiary/aromatic N) is 2. The lowest BCUT2D eigenvalue weighted by Crippen LogP contribution is -2.47. The van der Waals surface area contributed by atoms with Gasteiger partial charge in [0, 0.05) is 100 Å². The lowest BCUT2D eigenvalue weighted by molar-refractivity contribution is 0.0704. The van der Waals surface area contributed by atoms with Gasteiger partial charge in [0.25, 0.3) is 0 Å². The summed E-state index contributed by atoms with van der Waals surface area (Å²) in [7, 11) is -7.97. The van der Waals surface area contributed by atoms with Crippen LogP contribution in [0.1, 0.15) is 81.6 Å². The summed E-state index contributed by atoms with van der Waals surface area (Å²) in [5.41, 5.74) is 3.58. The van der Waals surface area contributed by atoms with Gasteiger partial charge in [-0.1, -0.05) is 11.9 Å². The Balaban J connectivity index is 2.89. The first-order valence-corrected chi connectivity index (χ1v) is 26.6. The Morgan fingerprint density at radius 1 is 0.521 bits per heavy atom. The largest absolute Gasteiger partial charge is 0.500 e. The van der Waals surface area contributed by atoms with Crippen molar-refractivity contribution in [1.82, 2.24) is 14.4 Å². The second-order valence-electron chi connectivity index (χ2n) is 10.3. The molecule has 48 heavy (non-hydrogen) atoms. The summed E-state index contributed by atoms with van der Waals surface area (Å²) in [6.07, 6.45) is 5.04. The van der Waals surface area contributed by atoms with E-state index < -0.39 is 26.4 Å². The van der Waals surface area contributed by atoms with E-state index in [1.807, 2.05) is 74.1 Å². The molecule has 1 N–H and O–H groups in total. The molecule has 0 atom stereocenters. The number of nitrogens with one attached hydrogen (secondary N) is 1. The van der Waals surface area contributed by atoms with Gasteiger partial charge in [0.05, 0.1) is 6.54 Å². The molecule has 0 amide bonds. The van der Waals surface area contributed by atoms with Crippen LogP contribution in [0.3, 0.4) is 0 Å². The van der Waals surface area contributed by atoms with Crippen LogP contribution < -0.4 is 5.53 Å². The van der Waals surface area contributed by atoms with Crippen molar-refractivity contribution in [3.05, 3.63) is 11.1 Å². The van der Waals surface area contributed by atoms with Crippen molar-refractivity contribution in [2.75, 3.05) is 83.3 Å². The normalized spacial score (nSPS) is 15.0. The van der Waals surface area contributed by atoms with Crippen LogP contribution in [0.15, 0.2) is 11.1 Å². The second kappa shape index (κ2) is 28.3. The van der Waals surface area contributed by atoms with Gasteiger partial charge < -0.3 is 39.8 Å². The minimum absolute atomic E-state index is 0.592. The summed E-state index contributed by atoms with van der Waals surface area (Å²) >= 11 is 5.43. The summed E-state index contributed by atoms with van der Waals surface area (Å²) in [5, 5.41) is 0. The lowest BCUT2D eigenvalue weighted by atomic mass is 10.6. The fourth-order valence-corrected chi connectivity index (χ4v) is 16.6. The molecule has 18 heteroatoms. The summed E-state index contributed by atoms with van der Waals surface area (Å²) in [4.78, 5) is 1.30. The van der Waals surface area contributed by atoms with Crippen LogP contribution in [0, 0.1) is 0 Å². The Kier molecular flexibility index (Phi) is 27.6. The van der Waals surface area contributed by atoms with E-state index in [-0.39, 0.29) is 0 Å². The van der Waals surface area contributed by atoms with Crippen molar-refractivity contribution in [2.24, 2.45) is 0 Å². The van der Waals surface area contributed by atoms with E-state index in [9.17, 15) is 0 Å². The molecule has 286 valence electrons. The van der Waals surface area contributed by atoms with Gasteiger partial charge >= 0.3 is 26.4 Å². The minimum atomic E-state index is -2.66. The number of hydrazine groups is 2. The minimum Gasteiger partial charge on any atom is -0.374 e. The van der Waals surface area contributed by atoms with E-state index in [1.165, 1.54) is 4.91 Å². The molecule has 1 rings (SSSR count). The maximum absolute atomic E-state index is 6.08. The highest BCUT2D eigenvalue weighted by molar-refractivity contribution is 8.03. The first-order chi connectivity index (χ1) is 23.3. The first-order valence-electron chi connectivity index (χ1n) is 18.0. The molecule has 12 nitrogen and oxygen atoms in total. The Labute approximate surface area is 309 Å². The van der Waals surface area contributed by atoms with Crippen LogP contribution in [-0.2, 0) is 39.8 Å². The molecule has 0 bridgehead atoms. The SMILES string of the molecule is CCO[Si](CCCSC1=CN(SCCC[Si](OCC)(OCC)OCC)NN(SCCC[Si](OCC)(OCC)OCC)C1)(OCC)OCC. The van der Waals surface area contributed by atoms with Crippen molar-refractivity contribution < 1.29 is 39.8 Å². The van der Waals surface area contributed by atoms with Crippen molar-refractivity contribution in [3.63, 3.8) is 0 Å². The molecule has 1 aliphatic rings. The first kappa shape index (κ1) is 46.8. The van der Waals surface area contributed by atoms with Crippen molar-refractivity contribution in [2.45, 2.75) is 99.7 Å². The van der Waals surface area contributed by atoms with Crippen LogP contribution in [0.25, 0.3) is 0 Å². The van der Waals surface area contributed by atoms with Crippen LogP contribution in [0.2, 0.25) is 18.1 Å². The molecular weight excluding hydrogens is 727 g/mol. The van der Waals surface area contributed by atoms with Crippen LogP contribution >= 0.6 is 35.7 Å². The van der Waals surface area contributed by atoms with Crippen LogP contribution in [0.5, 0.6) is 0 Å². The highest BCUT2D eigenvalue weighted by Gasteiger charge is 2.41. The molecule has 0 saturated carbocycles. The summed E-state index contributed by atoms with van der Waals surface area (Å²) < 4.78 is 59.0. The predicted molar refractivity (Wildman–Crippen MR) is 207 cm³/mol. The highest BCUT2D eigenvalue weighted by atomic mass is 32.2. The van der Waals surface area contributed by atoms with Crippen LogP contribution in [0.4, 0.5) is 0 Å². The van der Waals surface area contributed by atoms with Gasteiger partial charge in [-0.15, -0.1) is 17.3 Å². The van der Waals surface area contributed by atoms with Crippen LogP contribution in [-0.4, -0.2) is 119 Å². The summed E-state index contributed by atoms with van der Waals surface area (Å²) in [6.45, 7) is 24.2. The third-order valence-electron chi connectivity index (χ3n) is 6.70. The van der Waals surface area contributed by atoms with Gasteiger partial charge in [-0.05, 0) is 99.3 Å². The van der Waals surface area contributed by atoms with E-state index in [1.54, 1.807) is 23.9 Å². The molecule has 0 aromatic heterocycles. The van der Waals surface area contributed by atoms with E-state index in [4.69, 9.17) is 39.8 Å². The summed E-state index contributed by atoms with van der Waals surface area (Å²) in [5.74, 6) is 2.78. The van der Waals surface area contributed by atoms with Crippen molar-refractivity contribution in [3.8, 4) is 0 Å². The molecule has 0 fully saturated rings. The molecule has 0 saturated heterocycles. The highest BCUT2D eigenvalue weighted by Crippen LogP contribution is 2.31. The fraction of sp³-hybridized carbons (Fsp3) is 0.933. The topological polar surface area (TPSA) is 102 Å². The Morgan fingerprint density at radius 2 is 0.854 bits per heavy atom. The Bertz CT molecular complexity index is 783. The molecular formula is C30H67N3O9S3Si3. The molecule has 0 unspecified atom stereocenters. The van der Waals surface area contributed by atoms with E-state index >= 15 is 0 Å². The number of hydrogen-bond acceptors (Lipinski definition) is 15. The maximum Gasteiger partial charge on any atom is 0.500 e. The second-order valence-corrected chi connectivity index (χ2v) is 21.9. The number of hydrogen-bond donors (Lipinski definition) is 1. The summed E-state index contributed by atoms with van der Waals surface area (Å²) in [6, 6.07) is 2.41. The van der Waals surface area contributed by atoms with Crippen molar-refractivity contribution in [1.29, 1.82) is 0 Å². The fourth-order valence-electron chi connectivity index (χ4n) is 5.12. The lowest BCUT2D eigenvalue weighted by Gasteiger charge is -2.35. The van der Waals surface area contributed by atoms with E-state index in [0.717, 1.165) is 61.2 Å². The van der Waals surface area contributed by atoms with Gasteiger partial charge in [0.15, 0.2) is 0 Å². The molecule has 0 aromatic carbocycles. The molecule has 1 heterocycles. The third kappa shape index (κ3) is 18.5. The zero-order valence-corrected chi connectivity index (χ0v) is 36.8. The standard InChI is InChI=1S/C30H67N3O9S3Si3/c1-10-34-46(35-11-2,36-12-3)25-19-22-43-30-28-32(44-23-20-26-47(37-13-4,38-14-5)39-15-6)31-33(29-30)45-24-21-27-48(40-16-7,41-17-8)42-18-9/h28,31H,10-27,29H2,1-9H3. The predicted octanol–water partition coefficient (Wildman–Crippen LogP) is 7.21. The molecule has 1 aliphatic heterocycles.